The van der Waals surface area contributed by atoms with Gasteiger partial charge < -0.3 is 19.4 Å². The zero-order valence-corrected chi connectivity index (χ0v) is 17.1. The monoisotopic (exact) mass is 420 g/mol. The highest BCUT2D eigenvalue weighted by Crippen LogP contribution is 2.27. The maximum atomic E-state index is 13.3. The van der Waals surface area contributed by atoms with Gasteiger partial charge in [0.2, 0.25) is 0 Å². The summed E-state index contributed by atoms with van der Waals surface area (Å²) in [7, 11) is 3.06. The average Bonchev–Trinajstić information content (AvgIpc) is 3.15. The van der Waals surface area contributed by atoms with E-state index in [2.05, 4.69) is 15.3 Å². The van der Waals surface area contributed by atoms with Crippen LogP contribution in [0.5, 0.6) is 11.5 Å². The van der Waals surface area contributed by atoms with Gasteiger partial charge >= 0.3 is 0 Å². The molecule has 2 aromatic heterocycles. The number of pyridine rings is 1. The molecule has 0 spiro atoms. The number of benzene rings is 2. The van der Waals surface area contributed by atoms with Crippen LogP contribution in [0.2, 0.25) is 0 Å². The molecule has 31 heavy (non-hydrogen) atoms. The Bertz CT molecular complexity index is 1220. The van der Waals surface area contributed by atoms with E-state index in [1.807, 2.05) is 16.7 Å². The highest BCUT2D eigenvalue weighted by molar-refractivity contribution is 5.94. The zero-order valence-electron chi connectivity index (χ0n) is 17.1. The van der Waals surface area contributed by atoms with E-state index < -0.39 is 0 Å². The van der Waals surface area contributed by atoms with E-state index >= 15 is 0 Å². The standard InChI is InChI=1S/C23H21FN4O3/c1-30-19-10-7-16(12-20(19)31-2)23(29)26-13-21-27-18-4-3-11-25-22(18)28(21)14-15-5-8-17(24)9-6-15/h3-12H,13-14H2,1-2H3,(H,26,29). The molecule has 0 atom stereocenters. The van der Waals surface area contributed by atoms with Gasteiger partial charge in [-0.1, -0.05) is 12.1 Å². The SMILES string of the molecule is COc1ccc(C(=O)NCc2nc3cccnc3n2Cc2ccc(F)cc2)cc1OC. The first-order valence-electron chi connectivity index (χ1n) is 9.64. The molecule has 0 aliphatic heterocycles. The van der Waals surface area contributed by atoms with Crippen LogP contribution in [0.3, 0.4) is 0 Å². The predicted octanol–water partition coefficient (Wildman–Crippen LogP) is 3.57. The largest absolute Gasteiger partial charge is 0.493 e. The van der Waals surface area contributed by atoms with Crippen molar-refractivity contribution in [2.45, 2.75) is 13.1 Å². The first-order valence-corrected chi connectivity index (χ1v) is 9.64. The van der Waals surface area contributed by atoms with Gasteiger partial charge in [-0.15, -0.1) is 0 Å². The summed E-state index contributed by atoms with van der Waals surface area (Å²) in [6, 6.07) is 14.9. The molecule has 0 radical (unpaired) electrons. The molecule has 2 heterocycles. The van der Waals surface area contributed by atoms with Gasteiger partial charge in [0.05, 0.1) is 27.3 Å². The van der Waals surface area contributed by atoms with Gasteiger partial charge in [0.1, 0.15) is 17.2 Å². The fraction of sp³-hybridized carbons (Fsp3) is 0.174. The van der Waals surface area contributed by atoms with E-state index in [1.165, 1.54) is 26.4 Å². The number of aromatic nitrogens is 3. The molecule has 4 aromatic rings. The fourth-order valence-corrected chi connectivity index (χ4v) is 3.32. The molecule has 1 N–H and O–H groups in total. The van der Waals surface area contributed by atoms with E-state index in [4.69, 9.17) is 9.47 Å². The highest BCUT2D eigenvalue weighted by Gasteiger charge is 2.15. The van der Waals surface area contributed by atoms with E-state index in [-0.39, 0.29) is 18.3 Å². The Balaban J connectivity index is 1.58. The molecule has 158 valence electrons. The number of hydrogen-bond donors (Lipinski definition) is 1. The predicted molar refractivity (Wildman–Crippen MR) is 114 cm³/mol. The topological polar surface area (TPSA) is 78.3 Å². The lowest BCUT2D eigenvalue weighted by molar-refractivity contribution is 0.0949. The lowest BCUT2D eigenvalue weighted by atomic mass is 10.2. The number of carbonyl (C=O) groups excluding carboxylic acids is 1. The van der Waals surface area contributed by atoms with Gasteiger partial charge in [0.25, 0.3) is 5.91 Å². The Morgan fingerprint density at radius 1 is 1.06 bits per heavy atom. The van der Waals surface area contributed by atoms with Gasteiger partial charge in [-0.2, -0.15) is 0 Å². The van der Waals surface area contributed by atoms with Gasteiger partial charge in [0.15, 0.2) is 17.1 Å². The van der Waals surface area contributed by atoms with Crippen LogP contribution in [-0.2, 0) is 13.1 Å². The van der Waals surface area contributed by atoms with Crippen molar-refractivity contribution in [3.05, 3.63) is 83.6 Å². The molecule has 4 rings (SSSR count). The molecule has 0 aliphatic rings. The Kier molecular flexibility index (Phi) is 5.79. The molecular weight excluding hydrogens is 399 g/mol. The fourth-order valence-electron chi connectivity index (χ4n) is 3.32. The number of nitrogens with zero attached hydrogens (tertiary/aromatic N) is 3. The quantitative estimate of drug-likeness (QED) is 0.495. The van der Waals surface area contributed by atoms with E-state index in [0.717, 1.165) is 11.1 Å². The number of imidazole rings is 1. The van der Waals surface area contributed by atoms with E-state index in [1.54, 1.807) is 36.5 Å². The number of rotatable bonds is 7. The Morgan fingerprint density at radius 2 is 1.84 bits per heavy atom. The molecule has 1 amide bonds. The number of ether oxygens (including phenoxy) is 2. The molecule has 0 aliphatic carbocycles. The average molecular weight is 420 g/mol. The second-order valence-electron chi connectivity index (χ2n) is 6.84. The molecule has 7 nitrogen and oxygen atoms in total. The summed E-state index contributed by atoms with van der Waals surface area (Å²) in [5.41, 5.74) is 2.76. The van der Waals surface area contributed by atoms with Crippen molar-refractivity contribution in [1.82, 2.24) is 19.9 Å². The first-order chi connectivity index (χ1) is 15.1. The van der Waals surface area contributed by atoms with Gasteiger partial charge in [-0.3, -0.25) is 4.79 Å². The minimum absolute atomic E-state index is 0.199. The van der Waals surface area contributed by atoms with E-state index in [9.17, 15) is 9.18 Å². The maximum absolute atomic E-state index is 13.3. The minimum atomic E-state index is -0.292. The molecule has 0 saturated heterocycles. The minimum Gasteiger partial charge on any atom is -0.493 e. The third-order valence-electron chi connectivity index (χ3n) is 4.89. The van der Waals surface area contributed by atoms with Crippen LogP contribution in [0, 0.1) is 5.82 Å². The van der Waals surface area contributed by atoms with Gasteiger partial charge in [0, 0.05) is 11.8 Å². The number of carbonyl (C=O) groups is 1. The van der Waals surface area contributed by atoms with Crippen molar-refractivity contribution in [2.24, 2.45) is 0 Å². The van der Waals surface area contributed by atoms with Crippen LogP contribution in [-0.4, -0.2) is 34.7 Å². The van der Waals surface area contributed by atoms with Crippen molar-refractivity contribution >= 4 is 17.1 Å². The smallest absolute Gasteiger partial charge is 0.251 e. The summed E-state index contributed by atoms with van der Waals surface area (Å²) >= 11 is 0. The van der Waals surface area contributed by atoms with Crippen molar-refractivity contribution in [3.8, 4) is 11.5 Å². The second kappa shape index (κ2) is 8.83. The van der Waals surface area contributed by atoms with Crippen LogP contribution in [0.25, 0.3) is 11.2 Å². The van der Waals surface area contributed by atoms with Crippen molar-refractivity contribution in [3.63, 3.8) is 0 Å². The summed E-state index contributed by atoms with van der Waals surface area (Å²) in [6.07, 6.45) is 1.69. The summed E-state index contributed by atoms with van der Waals surface area (Å²) in [5, 5.41) is 2.89. The van der Waals surface area contributed by atoms with Gasteiger partial charge in [-0.25, -0.2) is 14.4 Å². The van der Waals surface area contributed by atoms with Crippen LogP contribution in [0.1, 0.15) is 21.7 Å². The Labute approximate surface area is 178 Å². The second-order valence-corrected chi connectivity index (χ2v) is 6.84. The number of fused-ring (bicyclic) bond motifs is 1. The lowest BCUT2D eigenvalue weighted by Crippen LogP contribution is -2.25. The Morgan fingerprint density at radius 3 is 2.58 bits per heavy atom. The normalized spacial score (nSPS) is 10.8. The summed E-state index contributed by atoms with van der Waals surface area (Å²) in [4.78, 5) is 21.8. The maximum Gasteiger partial charge on any atom is 0.251 e. The number of methoxy groups -OCH3 is 2. The molecule has 2 aromatic carbocycles. The van der Waals surface area contributed by atoms with Crippen molar-refractivity contribution < 1.29 is 18.7 Å². The third-order valence-corrected chi connectivity index (χ3v) is 4.89. The van der Waals surface area contributed by atoms with Crippen LogP contribution in [0.4, 0.5) is 4.39 Å². The van der Waals surface area contributed by atoms with Crippen molar-refractivity contribution in [2.75, 3.05) is 14.2 Å². The molecular formula is C23H21FN4O3. The number of hydrogen-bond acceptors (Lipinski definition) is 5. The molecule has 0 saturated carbocycles. The molecule has 0 fully saturated rings. The lowest BCUT2D eigenvalue weighted by Gasteiger charge is -2.11. The number of halogens is 1. The Hall–Kier alpha value is -3.94. The zero-order chi connectivity index (χ0) is 21.8. The number of nitrogens with one attached hydrogen (secondary N) is 1. The van der Waals surface area contributed by atoms with Crippen LogP contribution < -0.4 is 14.8 Å². The highest BCUT2D eigenvalue weighted by atomic mass is 19.1. The third kappa shape index (κ3) is 4.32. The molecule has 0 bridgehead atoms. The first kappa shape index (κ1) is 20.3. The number of amides is 1. The van der Waals surface area contributed by atoms with E-state index in [0.29, 0.717) is 35.1 Å². The summed E-state index contributed by atoms with van der Waals surface area (Å²) in [5.74, 6) is 1.11. The summed E-state index contributed by atoms with van der Waals surface area (Å²) in [6.45, 7) is 0.653. The molecule has 0 unspecified atom stereocenters. The molecule has 8 heteroatoms. The summed E-state index contributed by atoms with van der Waals surface area (Å²) < 4.78 is 25.7. The van der Waals surface area contributed by atoms with Crippen molar-refractivity contribution in [1.29, 1.82) is 0 Å². The van der Waals surface area contributed by atoms with Crippen LogP contribution >= 0.6 is 0 Å². The van der Waals surface area contributed by atoms with Crippen LogP contribution in [0.15, 0.2) is 60.8 Å². The van der Waals surface area contributed by atoms with Gasteiger partial charge in [-0.05, 0) is 48.0 Å².